The van der Waals surface area contributed by atoms with Crippen LogP contribution in [0.2, 0.25) is 0 Å². The number of benzene rings is 1. The van der Waals surface area contributed by atoms with E-state index in [1.807, 2.05) is 4.90 Å². The van der Waals surface area contributed by atoms with Crippen molar-refractivity contribution in [1.29, 1.82) is 0 Å². The van der Waals surface area contributed by atoms with Gasteiger partial charge >= 0.3 is 6.09 Å². The molecule has 12 nitrogen and oxygen atoms in total. The van der Waals surface area contributed by atoms with Crippen LogP contribution in [0.15, 0.2) is 28.4 Å². The molecule has 3 heterocycles. The normalized spacial score (nSPS) is 30.7. The van der Waals surface area contributed by atoms with Crippen molar-refractivity contribution in [3.05, 3.63) is 29.0 Å². The highest BCUT2D eigenvalue weighted by Crippen LogP contribution is 2.55. The van der Waals surface area contributed by atoms with Gasteiger partial charge in [0.15, 0.2) is 23.0 Å². The van der Waals surface area contributed by atoms with Gasteiger partial charge in [0, 0.05) is 25.3 Å². The van der Waals surface area contributed by atoms with E-state index in [1.165, 1.54) is 28.4 Å². The van der Waals surface area contributed by atoms with E-state index >= 15 is 0 Å². The average Bonchev–Trinajstić information content (AvgIpc) is 3.50. The van der Waals surface area contributed by atoms with E-state index in [1.54, 1.807) is 19.1 Å². The fourth-order valence-corrected chi connectivity index (χ4v) is 5.99. The largest absolute Gasteiger partial charge is 0.493 e. The SMILES string of the molecule is COc1cc(CN=C2C(=O)C3=C(C(=O)C2C)N2CC4NC4C2(OC)C3COC(N)=O)cc(OC)c1OC. The van der Waals surface area contributed by atoms with Gasteiger partial charge in [-0.2, -0.15) is 0 Å². The first kappa shape index (κ1) is 25.0. The van der Waals surface area contributed by atoms with Crippen molar-refractivity contribution in [3.8, 4) is 17.2 Å². The molecule has 37 heavy (non-hydrogen) atoms. The Morgan fingerprint density at radius 2 is 1.84 bits per heavy atom. The average molecular weight is 515 g/mol. The smallest absolute Gasteiger partial charge is 0.404 e. The number of nitrogens with one attached hydrogen (secondary N) is 1. The Hall–Kier alpha value is -3.64. The number of primary amides is 1. The van der Waals surface area contributed by atoms with E-state index in [0.717, 1.165) is 0 Å². The summed E-state index contributed by atoms with van der Waals surface area (Å²) in [5.41, 5.74) is 5.62. The van der Waals surface area contributed by atoms with Crippen LogP contribution in [0.25, 0.3) is 0 Å². The number of nitrogens with zero attached hydrogens (tertiary/aromatic N) is 2. The number of ether oxygens (including phenoxy) is 5. The van der Waals surface area contributed by atoms with Crippen molar-refractivity contribution >= 4 is 23.4 Å². The van der Waals surface area contributed by atoms with Crippen LogP contribution in [-0.2, 0) is 25.6 Å². The fourth-order valence-electron chi connectivity index (χ4n) is 5.99. The summed E-state index contributed by atoms with van der Waals surface area (Å²) in [5, 5.41) is 3.34. The van der Waals surface area contributed by atoms with Crippen LogP contribution in [0, 0.1) is 11.8 Å². The number of ketones is 2. The summed E-state index contributed by atoms with van der Waals surface area (Å²) in [6.07, 6.45) is -0.968. The van der Waals surface area contributed by atoms with Gasteiger partial charge in [-0.15, -0.1) is 0 Å². The minimum Gasteiger partial charge on any atom is -0.493 e. The lowest BCUT2D eigenvalue weighted by Crippen LogP contribution is -2.55. The number of amides is 1. The molecule has 0 spiro atoms. The first-order valence-corrected chi connectivity index (χ1v) is 11.9. The van der Waals surface area contributed by atoms with Gasteiger partial charge in [-0.05, 0) is 24.6 Å². The third-order valence-electron chi connectivity index (χ3n) is 7.70. The number of aliphatic imine (C=N–C) groups is 1. The molecule has 198 valence electrons. The number of fused-ring (bicyclic) bond motifs is 4. The van der Waals surface area contributed by atoms with Crippen LogP contribution in [0.3, 0.4) is 0 Å². The second kappa shape index (κ2) is 9.03. The predicted octanol–water partition coefficient (Wildman–Crippen LogP) is 0.419. The van der Waals surface area contributed by atoms with Crippen LogP contribution in [0.4, 0.5) is 4.79 Å². The molecule has 3 N–H and O–H groups in total. The summed E-state index contributed by atoms with van der Waals surface area (Å²) in [5.74, 6) is -0.708. The Bertz CT molecular complexity index is 1220. The molecule has 0 aromatic heterocycles. The second-order valence-corrected chi connectivity index (χ2v) is 9.41. The molecule has 0 saturated carbocycles. The van der Waals surface area contributed by atoms with Gasteiger partial charge in [-0.1, -0.05) is 0 Å². The number of hydrogen-bond acceptors (Lipinski definition) is 11. The molecule has 0 bridgehead atoms. The molecule has 5 rings (SSSR count). The standard InChI is InChI=1S/C25H30N4O8/c1-11-18(27-8-12-6-15(33-2)22(35-4)16(7-12)34-3)21(31)17-13(10-37-24(26)32)25(36-5)23-14(28-23)9-29(25)19(17)20(11)30/h6-7,11,13-14,23,28H,8-10H2,1-5H3,(H2,26,32). The van der Waals surface area contributed by atoms with Crippen LogP contribution in [0.1, 0.15) is 12.5 Å². The number of methoxy groups -OCH3 is 4. The molecule has 1 aromatic carbocycles. The van der Waals surface area contributed by atoms with E-state index in [2.05, 4.69) is 10.3 Å². The maximum atomic E-state index is 13.9. The van der Waals surface area contributed by atoms with E-state index < -0.39 is 23.7 Å². The highest BCUT2D eigenvalue weighted by Gasteiger charge is 2.73. The van der Waals surface area contributed by atoms with Crippen LogP contribution in [0.5, 0.6) is 17.2 Å². The van der Waals surface area contributed by atoms with Gasteiger partial charge in [0.1, 0.15) is 6.61 Å². The highest BCUT2D eigenvalue weighted by molar-refractivity contribution is 6.53. The number of rotatable bonds is 8. The van der Waals surface area contributed by atoms with Crippen LogP contribution >= 0.6 is 0 Å². The molecule has 4 aliphatic rings. The summed E-state index contributed by atoms with van der Waals surface area (Å²) in [7, 11) is 6.07. The molecule has 1 aliphatic carbocycles. The Labute approximate surface area is 213 Å². The number of Topliss-reactive ketones (excluding diaryl/α,β-unsaturated/α-hetero) is 2. The van der Waals surface area contributed by atoms with E-state index in [9.17, 15) is 14.4 Å². The minimum absolute atomic E-state index is 0.103. The fraction of sp³-hybridized carbons (Fsp3) is 0.520. The van der Waals surface area contributed by atoms with Gasteiger partial charge in [-0.3, -0.25) is 14.6 Å². The number of piperazine rings is 1. The third kappa shape index (κ3) is 3.57. The summed E-state index contributed by atoms with van der Waals surface area (Å²) >= 11 is 0. The Balaban J connectivity index is 1.53. The Morgan fingerprint density at radius 1 is 1.16 bits per heavy atom. The van der Waals surface area contributed by atoms with E-state index in [-0.39, 0.29) is 48.1 Å². The summed E-state index contributed by atoms with van der Waals surface area (Å²) in [6.45, 7) is 2.09. The maximum absolute atomic E-state index is 13.9. The highest BCUT2D eigenvalue weighted by atomic mass is 16.6. The van der Waals surface area contributed by atoms with Crippen molar-refractivity contribution in [2.24, 2.45) is 22.6 Å². The molecule has 12 heteroatoms. The first-order chi connectivity index (χ1) is 17.7. The molecule has 2 fully saturated rings. The maximum Gasteiger partial charge on any atom is 0.404 e. The van der Waals surface area contributed by atoms with Gasteiger partial charge in [0.05, 0.1) is 57.2 Å². The molecular formula is C25H30N4O8. The minimum atomic E-state index is -1.03. The van der Waals surface area contributed by atoms with Gasteiger partial charge in [0.25, 0.3) is 0 Å². The summed E-state index contributed by atoms with van der Waals surface area (Å²) in [4.78, 5) is 45.5. The van der Waals surface area contributed by atoms with Crippen molar-refractivity contribution in [2.75, 3.05) is 41.6 Å². The summed E-state index contributed by atoms with van der Waals surface area (Å²) in [6, 6.07) is 3.49. The second-order valence-electron chi connectivity index (χ2n) is 9.41. The number of carbonyl (C=O) groups is 3. The van der Waals surface area contributed by atoms with Gasteiger partial charge < -0.3 is 39.6 Å². The summed E-state index contributed by atoms with van der Waals surface area (Å²) < 4.78 is 27.3. The van der Waals surface area contributed by atoms with Gasteiger partial charge in [0.2, 0.25) is 11.5 Å². The van der Waals surface area contributed by atoms with Gasteiger partial charge in [-0.25, -0.2) is 4.79 Å². The van der Waals surface area contributed by atoms with Crippen molar-refractivity contribution in [2.45, 2.75) is 31.3 Å². The lowest BCUT2D eigenvalue weighted by Gasteiger charge is -2.39. The Morgan fingerprint density at radius 3 is 2.41 bits per heavy atom. The van der Waals surface area contributed by atoms with Crippen LogP contribution < -0.4 is 25.3 Å². The Kier molecular flexibility index (Phi) is 6.11. The molecule has 1 aromatic rings. The number of carbonyl (C=O) groups excluding carboxylic acids is 3. The lowest BCUT2D eigenvalue weighted by atomic mass is 9.78. The van der Waals surface area contributed by atoms with Crippen LogP contribution in [-0.4, -0.2) is 87.7 Å². The number of allylic oxidation sites excluding steroid dienone is 1. The number of hydrogen-bond donors (Lipinski definition) is 2. The zero-order valence-electron chi connectivity index (χ0n) is 21.3. The van der Waals surface area contributed by atoms with E-state index in [4.69, 9.17) is 29.4 Å². The zero-order valence-corrected chi connectivity index (χ0v) is 21.3. The van der Waals surface area contributed by atoms with E-state index in [0.29, 0.717) is 35.1 Å². The lowest BCUT2D eigenvalue weighted by molar-refractivity contribution is -0.138. The molecule has 5 atom stereocenters. The molecule has 3 aliphatic heterocycles. The molecule has 0 radical (unpaired) electrons. The van der Waals surface area contributed by atoms with Crippen molar-refractivity contribution in [3.63, 3.8) is 0 Å². The molecule has 5 unspecified atom stereocenters. The zero-order chi connectivity index (χ0) is 26.6. The van der Waals surface area contributed by atoms with Crippen molar-refractivity contribution in [1.82, 2.24) is 10.2 Å². The monoisotopic (exact) mass is 514 g/mol. The molecule has 2 saturated heterocycles. The topological polar surface area (TPSA) is 161 Å². The third-order valence-corrected chi connectivity index (χ3v) is 7.70. The quantitative estimate of drug-likeness (QED) is 0.465. The first-order valence-electron chi connectivity index (χ1n) is 11.9. The predicted molar refractivity (Wildman–Crippen MR) is 130 cm³/mol. The van der Waals surface area contributed by atoms with Crippen molar-refractivity contribution < 1.29 is 38.1 Å². The number of nitrogens with two attached hydrogens (primary N) is 1. The molecular weight excluding hydrogens is 484 g/mol. The molecule has 1 amide bonds.